The molecule has 3 aromatic rings. The largest absolute Gasteiger partial charge is 0.321 e. The van der Waals surface area contributed by atoms with E-state index in [9.17, 15) is 9.18 Å². The molecule has 5 heteroatoms. The van der Waals surface area contributed by atoms with Crippen LogP contribution >= 0.6 is 11.3 Å². The van der Waals surface area contributed by atoms with Gasteiger partial charge >= 0.3 is 0 Å². The van der Waals surface area contributed by atoms with Crippen LogP contribution in [0.15, 0.2) is 48.5 Å². The summed E-state index contributed by atoms with van der Waals surface area (Å²) in [6.07, 6.45) is 0.962. The molecule has 1 amide bonds. The quantitative estimate of drug-likeness (QED) is 0.720. The molecule has 3 nitrogen and oxygen atoms in total. The minimum absolute atomic E-state index is 0.178. The summed E-state index contributed by atoms with van der Waals surface area (Å²) in [7, 11) is 0. The molecule has 24 heavy (non-hydrogen) atoms. The Balaban J connectivity index is 1.81. The number of rotatable bonds is 4. The molecule has 0 aliphatic rings. The average molecular weight is 340 g/mol. The van der Waals surface area contributed by atoms with Gasteiger partial charge in [-0.1, -0.05) is 19.1 Å². The topological polar surface area (TPSA) is 42.0 Å². The summed E-state index contributed by atoms with van der Waals surface area (Å²) in [5, 5.41) is 3.60. The van der Waals surface area contributed by atoms with E-state index in [1.54, 1.807) is 19.1 Å². The minimum atomic E-state index is -0.291. The zero-order chi connectivity index (χ0) is 17.1. The Bertz CT molecular complexity index is 854. The maximum atomic E-state index is 13.0. The Morgan fingerprint density at radius 1 is 1.12 bits per heavy atom. The number of hydrogen-bond acceptors (Lipinski definition) is 3. The third-order valence-corrected chi connectivity index (χ3v) is 4.92. The Kier molecular flexibility index (Phi) is 4.71. The van der Waals surface area contributed by atoms with Crippen molar-refractivity contribution in [2.75, 3.05) is 5.32 Å². The fourth-order valence-corrected chi connectivity index (χ4v) is 3.30. The number of halogens is 1. The number of amides is 1. The molecule has 0 fully saturated rings. The van der Waals surface area contributed by atoms with Crippen LogP contribution in [-0.2, 0) is 6.42 Å². The summed E-state index contributed by atoms with van der Waals surface area (Å²) >= 11 is 1.31. The van der Waals surface area contributed by atoms with Gasteiger partial charge in [-0.05, 0) is 55.3 Å². The van der Waals surface area contributed by atoms with Gasteiger partial charge in [0.25, 0.3) is 5.91 Å². The van der Waals surface area contributed by atoms with E-state index in [1.807, 2.05) is 24.3 Å². The van der Waals surface area contributed by atoms with Crippen molar-refractivity contribution in [1.82, 2.24) is 4.98 Å². The van der Waals surface area contributed by atoms with Crippen LogP contribution in [0.1, 0.15) is 27.9 Å². The van der Waals surface area contributed by atoms with E-state index >= 15 is 0 Å². The maximum Gasteiger partial charge on any atom is 0.267 e. The van der Waals surface area contributed by atoms with E-state index in [2.05, 4.69) is 17.2 Å². The van der Waals surface area contributed by atoms with Crippen LogP contribution in [0.25, 0.3) is 10.6 Å². The number of aryl methyl sites for hydroxylation is 2. The van der Waals surface area contributed by atoms with E-state index < -0.39 is 0 Å². The molecule has 1 N–H and O–H groups in total. The second-order valence-electron chi connectivity index (χ2n) is 5.45. The number of anilines is 1. The van der Waals surface area contributed by atoms with Crippen LogP contribution in [0.2, 0.25) is 0 Å². The summed E-state index contributed by atoms with van der Waals surface area (Å²) in [5.74, 6) is -0.469. The Morgan fingerprint density at radius 2 is 1.79 bits per heavy atom. The predicted molar refractivity (Wildman–Crippen MR) is 96.0 cm³/mol. The van der Waals surface area contributed by atoms with Crippen LogP contribution in [0.3, 0.4) is 0 Å². The molecule has 0 aliphatic carbocycles. The molecule has 1 aromatic heterocycles. The molecule has 0 saturated carbocycles. The highest BCUT2D eigenvalue weighted by molar-refractivity contribution is 7.17. The van der Waals surface area contributed by atoms with Crippen molar-refractivity contribution >= 4 is 22.9 Å². The van der Waals surface area contributed by atoms with E-state index in [-0.39, 0.29) is 11.7 Å². The molecule has 0 aliphatic heterocycles. The lowest BCUT2D eigenvalue weighted by atomic mass is 10.1. The Hall–Kier alpha value is -2.53. The molecule has 1 heterocycles. The zero-order valence-electron chi connectivity index (χ0n) is 13.5. The first-order valence-corrected chi connectivity index (χ1v) is 8.52. The van der Waals surface area contributed by atoms with Crippen LogP contribution in [0.5, 0.6) is 0 Å². The van der Waals surface area contributed by atoms with Gasteiger partial charge in [-0.25, -0.2) is 9.37 Å². The number of aromatic nitrogens is 1. The Labute approximate surface area is 144 Å². The van der Waals surface area contributed by atoms with Crippen molar-refractivity contribution < 1.29 is 9.18 Å². The first-order valence-electron chi connectivity index (χ1n) is 7.70. The van der Waals surface area contributed by atoms with Gasteiger partial charge in [0, 0.05) is 11.3 Å². The molecule has 2 aromatic carbocycles. The van der Waals surface area contributed by atoms with Crippen molar-refractivity contribution in [2.45, 2.75) is 20.3 Å². The van der Waals surface area contributed by atoms with Gasteiger partial charge in [0.2, 0.25) is 0 Å². The summed E-state index contributed by atoms with van der Waals surface area (Å²) in [4.78, 5) is 17.5. The van der Waals surface area contributed by atoms with Crippen molar-refractivity contribution in [3.8, 4) is 10.6 Å². The first-order chi connectivity index (χ1) is 11.6. The average Bonchev–Trinajstić information content (AvgIpc) is 2.98. The summed E-state index contributed by atoms with van der Waals surface area (Å²) < 4.78 is 13.0. The number of nitrogens with zero attached hydrogens (tertiary/aromatic N) is 1. The molecule has 0 spiro atoms. The number of carbonyl (C=O) groups excluding carboxylic acids is 1. The smallest absolute Gasteiger partial charge is 0.267 e. The van der Waals surface area contributed by atoms with Crippen molar-refractivity contribution in [2.24, 2.45) is 0 Å². The predicted octanol–water partition coefficient (Wildman–Crippen LogP) is 5.07. The fraction of sp³-hybridized carbons (Fsp3) is 0.158. The maximum absolute atomic E-state index is 13.0. The molecule has 122 valence electrons. The lowest BCUT2D eigenvalue weighted by Crippen LogP contribution is -2.11. The van der Waals surface area contributed by atoms with Gasteiger partial charge in [0.05, 0.1) is 5.69 Å². The SMILES string of the molecule is CCc1ccc(NC(=O)c2sc(-c3ccc(F)cc3)nc2C)cc1. The third kappa shape index (κ3) is 3.51. The Morgan fingerprint density at radius 3 is 2.42 bits per heavy atom. The van der Waals surface area contributed by atoms with Crippen molar-refractivity contribution in [1.29, 1.82) is 0 Å². The normalized spacial score (nSPS) is 10.6. The number of benzene rings is 2. The summed E-state index contributed by atoms with van der Waals surface area (Å²) in [5.41, 5.74) is 3.45. The lowest BCUT2D eigenvalue weighted by Gasteiger charge is -2.05. The van der Waals surface area contributed by atoms with Gasteiger partial charge in [-0.15, -0.1) is 11.3 Å². The number of nitrogens with one attached hydrogen (secondary N) is 1. The highest BCUT2D eigenvalue weighted by Gasteiger charge is 2.16. The summed E-state index contributed by atoms with van der Waals surface area (Å²) in [6, 6.07) is 13.9. The molecular formula is C19H17FN2OS. The third-order valence-electron chi connectivity index (χ3n) is 3.71. The highest BCUT2D eigenvalue weighted by Crippen LogP contribution is 2.28. The molecular weight excluding hydrogens is 323 g/mol. The molecule has 0 bridgehead atoms. The van der Waals surface area contributed by atoms with E-state index in [0.29, 0.717) is 15.6 Å². The van der Waals surface area contributed by atoms with Gasteiger partial charge in [0.15, 0.2) is 0 Å². The van der Waals surface area contributed by atoms with E-state index in [1.165, 1.54) is 29.0 Å². The second kappa shape index (κ2) is 6.93. The van der Waals surface area contributed by atoms with Gasteiger partial charge < -0.3 is 5.32 Å². The van der Waals surface area contributed by atoms with Crippen molar-refractivity contribution in [3.05, 3.63) is 70.5 Å². The molecule has 0 atom stereocenters. The van der Waals surface area contributed by atoms with Crippen LogP contribution in [0, 0.1) is 12.7 Å². The molecule has 0 unspecified atom stereocenters. The number of carbonyl (C=O) groups is 1. The van der Waals surface area contributed by atoms with Gasteiger partial charge in [-0.3, -0.25) is 4.79 Å². The first kappa shape index (κ1) is 16.3. The van der Waals surface area contributed by atoms with Crippen molar-refractivity contribution in [3.63, 3.8) is 0 Å². The van der Waals surface area contributed by atoms with E-state index in [0.717, 1.165) is 17.7 Å². The summed E-state index contributed by atoms with van der Waals surface area (Å²) in [6.45, 7) is 3.89. The van der Waals surface area contributed by atoms with Crippen LogP contribution in [-0.4, -0.2) is 10.9 Å². The molecule has 0 saturated heterocycles. The van der Waals surface area contributed by atoms with Crippen LogP contribution in [0.4, 0.5) is 10.1 Å². The molecule has 3 rings (SSSR count). The van der Waals surface area contributed by atoms with Gasteiger partial charge in [-0.2, -0.15) is 0 Å². The second-order valence-corrected chi connectivity index (χ2v) is 6.44. The lowest BCUT2D eigenvalue weighted by molar-refractivity contribution is 0.103. The minimum Gasteiger partial charge on any atom is -0.321 e. The van der Waals surface area contributed by atoms with E-state index in [4.69, 9.17) is 0 Å². The standard InChI is InChI=1S/C19H17FN2OS/c1-3-13-4-10-16(11-5-13)22-18(23)17-12(2)21-19(24-17)14-6-8-15(20)9-7-14/h4-11H,3H2,1-2H3,(H,22,23). The number of thiazole rings is 1. The fourth-order valence-electron chi connectivity index (χ4n) is 2.33. The van der Waals surface area contributed by atoms with Gasteiger partial charge in [0.1, 0.15) is 15.7 Å². The van der Waals surface area contributed by atoms with Crippen LogP contribution < -0.4 is 5.32 Å². The molecule has 0 radical (unpaired) electrons. The highest BCUT2D eigenvalue weighted by atomic mass is 32.1. The monoisotopic (exact) mass is 340 g/mol. The number of hydrogen-bond donors (Lipinski definition) is 1. The zero-order valence-corrected chi connectivity index (χ0v) is 14.3.